The summed E-state index contributed by atoms with van der Waals surface area (Å²) in [6.07, 6.45) is 5.18. The summed E-state index contributed by atoms with van der Waals surface area (Å²) in [5, 5.41) is 11.5. The van der Waals surface area contributed by atoms with E-state index in [2.05, 4.69) is 33.9 Å². The van der Waals surface area contributed by atoms with Crippen molar-refractivity contribution in [2.45, 2.75) is 32.7 Å². The normalized spacial score (nSPS) is 11.9. The van der Waals surface area contributed by atoms with Gasteiger partial charge in [0.15, 0.2) is 5.84 Å². The number of rotatable bonds is 8. The monoisotopic (exact) mass is 281 g/mol. The van der Waals surface area contributed by atoms with E-state index in [0.29, 0.717) is 18.3 Å². The Bertz CT molecular complexity index is 417. The van der Waals surface area contributed by atoms with E-state index in [1.165, 1.54) is 6.20 Å². The second kappa shape index (κ2) is 8.31. The van der Waals surface area contributed by atoms with Crippen molar-refractivity contribution in [3.05, 3.63) is 18.1 Å². The molecule has 0 aromatic carbocycles. The van der Waals surface area contributed by atoms with Crippen molar-refractivity contribution < 1.29 is 9.94 Å². The molecule has 7 nitrogen and oxygen atoms in total. The molecule has 1 aromatic rings. The fourth-order valence-electron chi connectivity index (χ4n) is 2.06. The molecule has 0 aliphatic rings. The molecule has 0 bridgehead atoms. The molecule has 0 atom stereocenters. The number of anilines is 1. The van der Waals surface area contributed by atoms with Gasteiger partial charge in [-0.05, 0) is 12.8 Å². The van der Waals surface area contributed by atoms with E-state index < -0.39 is 0 Å². The fourth-order valence-corrected chi connectivity index (χ4v) is 2.06. The first-order chi connectivity index (χ1) is 9.67. The lowest BCUT2D eigenvalue weighted by Crippen LogP contribution is -2.37. The molecule has 0 spiro atoms. The molecule has 0 fully saturated rings. The molecular formula is C13H23N5O2. The molecule has 0 aliphatic carbocycles. The molecule has 0 saturated heterocycles. The van der Waals surface area contributed by atoms with Crippen LogP contribution in [0.2, 0.25) is 0 Å². The van der Waals surface area contributed by atoms with Gasteiger partial charge in [0.1, 0.15) is 11.5 Å². The lowest BCUT2D eigenvalue weighted by Gasteiger charge is -2.31. The minimum absolute atomic E-state index is 0.0463. The second-order valence-corrected chi connectivity index (χ2v) is 4.40. The molecule has 7 heteroatoms. The van der Waals surface area contributed by atoms with Crippen LogP contribution in [-0.4, -0.2) is 47.3 Å². The summed E-state index contributed by atoms with van der Waals surface area (Å²) in [6, 6.07) is 0.383. The number of amidine groups is 1. The van der Waals surface area contributed by atoms with Gasteiger partial charge in [0.25, 0.3) is 0 Å². The van der Waals surface area contributed by atoms with Crippen molar-refractivity contribution in [1.82, 2.24) is 9.97 Å². The summed E-state index contributed by atoms with van der Waals surface area (Å²) >= 11 is 0. The third-order valence-corrected chi connectivity index (χ3v) is 3.22. The fraction of sp³-hybridized carbons (Fsp3) is 0.615. The van der Waals surface area contributed by atoms with E-state index in [4.69, 9.17) is 15.7 Å². The van der Waals surface area contributed by atoms with Gasteiger partial charge in [-0.15, -0.1) is 0 Å². The van der Waals surface area contributed by atoms with Crippen LogP contribution in [0.5, 0.6) is 0 Å². The highest BCUT2D eigenvalue weighted by atomic mass is 16.5. The molecule has 0 aliphatic heterocycles. The van der Waals surface area contributed by atoms with Crippen LogP contribution in [0, 0.1) is 0 Å². The van der Waals surface area contributed by atoms with Crippen LogP contribution in [0.4, 0.5) is 5.82 Å². The van der Waals surface area contributed by atoms with Gasteiger partial charge >= 0.3 is 0 Å². The Kier molecular flexibility index (Phi) is 6.72. The van der Waals surface area contributed by atoms with Crippen molar-refractivity contribution in [1.29, 1.82) is 0 Å². The molecule has 1 rings (SSSR count). The van der Waals surface area contributed by atoms with Crippen molar-refractivity contribution in [3.8, 4) is 0 Å². The Balaban J connectivity index is 2.95. The number of methoxy groups -OCH3 is 1. The van der Waals surface area contributed by atoms with Gasteiger partial charge in [0.2, 0.25) is 0 Å². The second-order valence-electron chi connectivity index (χ2n) is 4.40. The van der Waals surface area contributed by atoms with Gasteiger partial charge in [-0.1, -0.05) is 19.0 Å². The molecule has 1 aromatic heterocycles. The summed E-state index contributed by atoms with van der Waals surface area (Å²) in [4.78, 5) is 10.7. The lowest BCUT2D eigenvalue weighted by molar-refractivity contribution is 0.202. The summed E-state index contributed by atoms with van der Waals surface area (Å²) in [7, 11) is 1.68. The largest absolute Gasteiger partial charge is 0.409 e. The Morgan fingerprint density at radius 1 is 1.40 bits per heavy atom. The van der Waals surface area contributed by atoms with Crippen LogP contribution in [0.1, 0.15) is 32.4 Å². The number of aromatic nitrogens is 2. The Labute approximate surface area is 119 Å². The average Bonchev–Trinajstić information content (AvgIpc) is 2.51. The van der Waals surface area contributed by atoms with Gasteiger partial charge in [0.05, 0.1) is 19.0 Å². The summed E-state index contributed by atoms with van der Waals surface area (Å²) in [5.41, 5.74) is 5.83. The Morgan fingerprint density at radius 2 is 2.10 bits per heavy atom. The molecule has 0 saturated carbocycles. The van der Waals surface area contributed by atoms with Crippen LogP contribution in [0.3, 0.4) is 0 Å². The van der Waals surface area contributed by atoms with Gasteiger partial charge in [-0.2, -0.15) is 0 Å². The number of hydrogen-bond donors (Lipinski definition) is 2. The van der Waals surface area contributed by atoms with Crippen LogP contribution in [0.15, 0.2) is 17.5 Å². The molecule has 3 N–H and O–H groups in total. The lowest BCUT2D eigenvalue weighted by atomic mass is 10.1. The molecule has 0 radical (unpaired) electrons. The molecule has 1 heterocycles. The third-order valence-electron chi connectivity index (χ3n) is 3.22. The maximum absolute atomic E-state index is 8.62. The smallest absolute Gasteiger partial charge is 0.190 e. The van der Waals surface area contributed by atoms with Crippen molar-refractivity contribution in [3.63, 3.8) is 0 Å². The minimum atomic E-state index is -0.0463. The van der Waals surface area contributed by atoms with Gasteiger partial charge in [0, 0.05) is 19.7 Å². The van der Waals surface area contributed by atoms with Crippen LogP contribution in [-0.2, 0) is 4.74 Å². The van der Waals surface area contributed by atoms with Crippen molar-refractivity contribution in [2.24, 2.45) is 10.9 Å². The highest BCUT2D eigenvalue weighted by Gasteiger charge is 2.17. The van der Waals surface area contributed by atoms with Crippen LogP contribution >= 0.6 is 0 Å². The Hall–Kier alpha value is -1.89. The zero-order valence-corrected chi connectivity index (χ0v) is 12.3. The predicted octanol–water partition coefficient (Wildman–Crippen LogP) is 1.21. The summed E-state index contributed by atoms with van der Waals surface area (Å²) in [6.45, 7) is 5.67. The number of ether oxygens (including phenoxy) is 1. The highest BCUT2D eigenvalue weighted by molar-refractivity contribution is 5.94. The van der Waals surface area contributed by atoms with Gasteiger partial charge < -0.3 is 20.6 Å². The molecular weight excluding hydrogens is 258 g/mol. The quantitative estimate of drug-likeness (QED) is 0.322. The first kappa shape index (κ1) is 16.2. The van der Waals surface area contributed by atoms with Crippen molar-refractivity contribution in [2.75, 3.05) is 25.2 Å². The maximum Gasteiger partial charge on any atom is 0.190 e. The van der Waals surface area contributed by atoms with Crippen LogP contribution in [0.25, 0.3) is 0 Å². The molecule has 0 unspecified atom stereocenters. The molecule has 112 valence electrons. The minimum Gasteiger partial charge on any atom is -0.409 e. The topological polar surface area (TPSA) is 96.9 Å². The first-order valence-electron chi connectivity index (χ1n) is 6.73. The van der Waals surface area contributed by atoms with E-state index in [1.807, 2.05) is 0 Å². The number of nitrogens with two attached hydrogens (primary N) is 1. The van der Waals surface area contributed by atoms with E-state index in [1.54, 1.807) is 13.3 Å². The summed E-state index contributed by atoms with van der Waals surface area (Å²) < 4.78 is 5.15. The van der Waals surface area contributed by atoms with E-state index >= 15 is 0 Å². The maximum atomic E-state index is 8.62. The first-order valence-corrected chi connectivity index (χ1v) is 6.73. The number of hydrogen-bond acceptors (Lipinski definition) is 6. The Morgan fingerprint density at radius 3 is 2.55 bits per heavy atom. The number of nitrogens with zero attached hydrogens (tertiary/aromatic N) is 4. The van der Waals surface area contributed by atoms with Gasteiger partial charge in [-0.3, -0.25) is 0 Å². The zero-order valence-electron chi connectivity index (χ0n) is 12.3. The molecule has 20 heavy (non-hydrogen) atoms. The van der Waals surface area contributed by atoms with E-state index in [9.17, 15) is 0 Å². The van der Waals surface area contributed by atoms with Gasteiger partial charge in [-0.25, -0.2) is 9.97 Å². The number of oxime groups is 1. The predicted molar refractivity (Wildman–Crippen MR) is 78.1 cm³/mol. The average molecular weight is 281 g/mol. The molecule has 0 amide bonds. The van der Waals surface area contributed by atoms with E-state index in [0.717, 1.165) is 25.2 Å². The van der Waals surface area contributed by atoms with Crippen molar-refractivity contribution >= 4 is 11.7 Å². The van der Waals surface area contributed by atoms with E-state index in [-0.39, 0.29) is 5.84 Å². The summed E-state index contributed by atoms with van der Waals surface area (Å²) in [5.74, 6) is 0.722. The standard InChI is InChI=1S/C13H23N5O2/c1-4-10(5-2)18(6-7-20-3)12-9-15-11(8-16-12)13(14)17-19/h8-10,19H,4-7H2,1-3H3,(H2,14,17). The SMILES string of the molecule is CCC(CC)N(CCOC)c1cnc(C(N)=NO)cn1. The highest BCUT2D eigenvalue weighted by Crippen LogP contribution is 2.17. The zero-order chi connectivity index (χ0) is 15.0. The van der Waals surface area contributed by atoms with Crippen LogP contribution < -0.4 is 10.6 Å². The third kappa shape index (κ3) is 4.06.